The van der Waals surface area contributed by atoms with E-state index in [4.69, 9.17) is 28.7 Å². The number of carbonyl (C=O) groups is 5. The fourth-order valence-electron chi connectivity index (χ4n) is 3.46. The van der Waals surface area contributed by atoms with Crippen molar-refractivity contribution in [3.8, 4) is 0 Å². The number of aliphatic imine (C=N–C) groups is 1. The SMILES string of the molecule is NCCCCC(NC(=O)C(N)CCCN=C(N)N)C(=O)NC(Cc1cnc[nH]1)C(=O)NC(CC(N)=O)C(=O)O. The van der Waals surface area contributed by atoms with Crippen molar-refractivity contribution >= 4 is 35.6 Å². The molecule has 17 nitrogen and oxygen atoms in total. The van der Waals surface area contributed by atoms with Crippen LogP contribution in [0.5, 0.6) is 0 Å². The Kier molecular flexibility index (Phi) is 14.5. The number of carbonyl (C=O) groups excluding carboxylic acids is 4. The molecule has 4 unspecified atom stereocenters. The van der Waals surface area contributed by atoms with Crippen molar-refractivity contribution < 1.29 is 29.1 Å². The number of hydrogen-bond donors (Lipinski definition) is 10. The molecule has 4 atom stereocenters. The number of imidazole rings is 1. The van der Waals surface area contributed by atoms with Gasteiger partial charge in [-0.3, -0.25) is 24.2 Å². The number of aliphatic carboxylic acids is 1. The summed E-state index contributed by atoms with van der Waals surface area (Å²) in [5.41, 5.74) is 27.6. The molecule has 15 N–H and O–H groups in total. The summed E-state index contributed by atoms with van der Waals surface area (Å²) in [5, 5.41) is 16.7. The highest BCUT2D eigenvalue weighted by Crippen LogP contribution is 2.06. The molecule has 1 heterocycles. The Hall–Kier alpha value is -4.25. The van der Waals surface area contributed by atoms with Crippen LogP contribution in [0.15, 0.2) is 17.5 Å². The summed E-state index contributed by atoms with van der Waals surface area (Å²) in [4.78, 5) is 72.1. The second-order valence-electron chi connectivity index (χ2n) is 8.81. The number of aromatic amines is 1. The van der Waals surface area contributed by atoms with E-state index in [-0.39, 0.29) is 31.8 Å². The largest absolute Gasteiger partial charge is 0.480 e. The number of hydrogen-bond acceptors (Lipinski definition) is 9. The van der Waals surface area contributed by atoms with Gasteiger partial charge in [0.15, 0.2) is 5.96 Å². The summed E-state index contributed by atoms with van der Waals surface area (Å²) < 4.78 is 0. The van der Waals surface area contributed by atoms with Crippen molar-refractivity contribution in [2.45, 2.75) is 69.1 Å². The van der Waals surface area contributed by atoms with E-state index in [1.807, 2.05) is 0 Å². The molecule has 0 radical (unpaired) electrons. The van der Waals surface area contributed by atoms with E-state index in [0.29, 0.717) is 31.5 Å². The fourth-order valence-corrected chi connectivity index (χ4v) is 3.46. The number of primary amides is 1. The molecule has 0 saturated carbocycles. The maximum atomic E-state index is 13.2. The van der Waals surface area contributed by atoms with Gasteiger partial charge in [-0.05, 0) is 38.6 Å². The first-order valence-corrected chi connectivity index (χ1v) is 12.3. The number of H-pyrrole nitrogens is 1. The highest BCUT2D eigenvalue weighted by Gasteiger charge is 2.31. The van der Waals surface area contributed by atoms with Gasteiger partial charge in [0.1, 0.15) is 18.1 Å². The molecule has 0 aliphatic rings. The van der Waals surface area contributed by atoms with Gasteiger partial charge >= 0.3 is 5.97 Å². The van der Waals surface area contributed by atoms with E-state index in [2.05, 4.69) is 30.9 Å². The summed E-state index contributed by atoms with van der Waals surface area (Å²) in [6.07, 6.45) is 4.00. The molecule has 39 heavy (non-hydrogen) atoms. The zero-order valence-corrected chi connectivity index (χ0v) is 21.6. The first-order chi connectivity index (χ1) is 18.4. The number of nitrogens with one attached hydrogen (secondary N) is 4. The van der Waals surface area contributed by atoms with E-state index in [1.54, 1.807) is 0 Å². The Bertz CT molecular complexity index is 981. The number of nitrogens with two attached hydrogens (primary N) is 5. The molecule has 4 amide bonds. The lowest BCUT2D eigenvalue weighted by molar-refractivity contribution is -0.143. The monoisotopic (exact) mass is 553 g/mol. The van der Waals surface area contributed by atoms with E-state index in [9.17, 15) is 29.1 Å². The third-order valence-electron chi connectivity index (χ3n) is 5.52. The number of carboxylic acids is 1. The molecule has 1 aromatic heterocycles. The van der Waals surface area contributed by atoms with Gasteiger partial charge in [0.25, 0.3) is 0 Å². The van der Waals surface area contributed by atoms with Crippen molar-refractivity contribution in [1.82, 2.24) is 25.9 Å². The van der Waals surface area contributed by atoms with Crippen molar-refractivity contribution in [2.75, 3.05) is 13.1 Å². The zero-order chi connectivity index (χ0) is 29.4. The zero-order valence-electron chi connectivity index (χ0n) is 21.6. The van der Waals surface area contributed by atoms with Crippen LogP contribution in [-0.4, -0.2) is 87.9 Å². The second-order valence-corrected chi connectivity index (χ2v) is 8.81. The van der Waals surface area contributed by atoms with E-state index >= 15 is 0 Å². The molecule has 0 spiro atoms. The van der Waals surface area contributed by atoms with Gasteiger partial charge in [-0.1, -0.05) is 0 Å². The minimum Gasteiger partial charge on any atom is -0.480 e. The lowest BCUT2D eigenvalue weighted by Gasteiger charge is -2.25. The Morgan fingerprint density at radius 2 is 1.56 bits per heavy atom. The first-order valence-electron chi connectivity index (χ1n) is 12.3. The van der Waals surface area contributed by atoms with Crippen LogP contribution in [-0.2, 0) is 30.4 Å². The van der Waals surface area contributed by atoms with Crippen molar-refractivity contribution in [3.63, 3.8) is 0 Å². The molecule has 0 fully saturated rings. The number of amides is 4. The van der Waals surface area contributed by atoms with Crippen LogP contribution >= 0.6 is 0 Å². The number of rotatable bonds is 19. The molecular formula is C22H39N11O6. The molecule has 17 heteroatoms. The maximum absolute atomic E-state index is 13.2. The summed E-state index contributed by atoms with van der Waals surface area (Å²) in [5.74, 6) is -4.66. The molecule has 1 aromatic rings. The van der Waals surface area contributed by atoms with E-state index in [1.165, 1.54) is 12.5 Å². The van der Waals surface area contributed by atoms with Gasteiger partial charge < -0.3 is 54.7 Å². The minimum atomic E-state index is -1.60. The minimum absolute atomic E-state index is 0.0808. The highest BCUT2D eigenvalue weighted by molar-refractivity contribution is 5.95. The Labute approximate surface area is 225 Å². The lowest BCUT2D eigenvalue weighted by atomic mass is 10.0. The van der Waals surface area contributed by atoms with E-state index in [0.717, 1.165) is 0 Å². The fraction of sp³-hybridized carbons (Fsp3) is 0.591. The standard InChI is InChI=1S/C22H39N11O6/c23-6-2-1-5-14(31-18(35)13(24)4-3-7-29-22(26)27)19(36)32-15(8-12-10-28-11-30-12)20(37)33-16(21(38)39)9-17(25)34/h10-11,13-16H,1-9,23-24H2,(H2,25,34)(H,28,30)(H,31,35)(H,32,36)(H,33,37)(H,38,39)(H4,26,27,29). The summed E-state index contributed by atoms with van der Waals surface area (Å²) in [6.45, 7) is 0.648. The molecule has 1 rings (SSSR count). The van der Waals surface area contributed by atoms with Gasteiger partial charge in [0, 0.05) is 24.9 Å². The van der Waals surface area contributed by atoms with Crippen LogP contribution < -0.4 is 44.6 Å². The number of guanidine groups is 1. The average molecular weight is 554 g/mol. The quantitative estimate of drug-likeness (QED) is 0.0445. The van der Waals surface area contributed by atoms with Crippen molar-refractivity contribution in [1.29, 1.82) is 0 Å². The van der Waals surface area contributed by atoms with Crippen molar-refractivity contribution in [3.05, 3.63) is 18.2 Å². The van der Waals surface area contributed by atoms with Crippen LogP contribution in [0.3, 0.4) is 0 Å². The van der Waals surface area contributed by atoms with Crippen LogP contribution in [0.4, 0.5) is 0 Å². The lowest BCUT2D eigenvalue weighted by Crippen LogP contribution is -2.58. The molecule has 0 saturated heterocycles. The predicted molar refractivity (Wildman–Crippen MR) is 140 cm³/mol. The maximum Gasteiger partial charge on any atom is 0.326 e. The smallest absolute Gasteiger partial charge is 0.326 e. The number of carboxylic acid groups (broad SMARTS) is 1. The summed E-state index contributed by atoms with van der Waals surface area (Å²) in [6, 6.07) is -4.90. The van der Waals surface area contributed by atoms with Crippen LogP contribution in [0.1, 0.15) is 44.2 Å². The Balaban J connectivity index is 3.01. The molecule has 0 aliphatic carbocycles. The molecular weight excluding hydrogens is 514 g/mol. The second kappa shape index (κ2) is 17.3. The van der Waals surface area contributed by atoms with Gasteiger partial charge in [-0.2, -0.15) is 0 Å². The van der Waals surface area contributed by atoms with Crippen LogP contribution in [0, 0.1) is 0 Å². The topological polar surface area (TPSA) is 313 Å². The average Bonchev–Trinajstić information content (AvgIpc) is 3.37. The van der Waals surface area contributed by atoms with Crippen LogP contribution in [0.2, 0.25) is 0 Å². The van der Waals surface area contributed by atoms with Gasteiger partial charge in [0.2, 0.25) is 23.6 Å². The number of unbranched alkanes of at least 4 members (excludes halogenated alkanes) is 1. The highest BCUT2D eigenvalue weighted by atomic mass is 16.4. The number of aromatic nitrogens is 2. The Morgan fingerprint density at radius 1 is 0.923 bits per heavy atom. The molecule has 0 bridgehead atoms. The summed E-state index contributed by atoms with van der Waals surface area (Å²) >= 11 is 0. The molecule has 218 valence electrons. The number of nitrogens with zero attached hydrogens (tertiary/aromatic N) is 2. The summed E-state index contributed by atoms with van der Waals surface area (Å²) in [7, 11) is 0. The van der Waals surface area contributed by atoms with Crippen molar-refractivity contribution in [2.24, 2.45) is 33.7 Å². The predicted octanol–water partition coefficient (Wildman–Crippen LogP) is -4.12. The van der Waals surface area contributed by atoms with Gasteiger partial charge in [0.05, 0.1) is 18.8 Å². The third kappa shape index (κ3) is 13.2. The van der Waals surface area contributed by atoms with Gasteiger partial charge in [-0.15, -0.1) is 0 Å². The molecule has 0 aliphatic heterocycles. The third-order valence-corrected chi connectivity index (χ3v) is 5.52. The van der Waals surface area contributed by atoms with E-state index < -0.39 is 60.2 Å². The first kappa shape index (κ1) is 32.8. The Morgan fingerprint density at radius 3 is 2.13 bits per heavy atom. The normalized spacial score (nSPS) is 13.8. The van der Waals surface area contributed by atoms with Gasteiger partial charge in [-0.25, -0.2) is 9.78 Å². The van der Waals surface area contributed by atoms with Crippen LogP contribution in [0.25, 0.3) is 0 Å². The molecule has 0 aromatic carbocycles.